The van der Waals surface area contributed by atoms with Gasteiger partial charge in [-0.2, -0.15) is 5.10 Å². The van der Waals surface area contributed by atoms with Crippen molar-refractivity contribution in [3.8, 4) is 11.3 Å². The number of amides is 1. The van der Waals surface area contributed by atoms with Crippen molar-refractivity contribution in [2.24, 2.45) is 0 Å². The first-order chi connectivity index (χ1) is 12.2. The summed E-state index contributed by atoms with van der Waals surface area (Å²) in [6, 6.07) is 11.3. The van der Waals surface area contributed by atoms with Gasteiger partial charge in [0.2, 0.25) is 0 Å². The highest BCUT2D eigenvalue weighted by atomic mass is 16.3. The molecule has 25 heavy (non-hydrogen) atoms. The zero-order valence-electron chi connectivity index (χ0n) is 14.1. The minimum atomic E-state index is 0.0583. The number of furan rings is 1. The van der Waals surface area contributed by atoms with Gasteiger partial charge in [-0.15, -0.1) is 0 Å². The van der Waals surface area contributed by atoms with E-state index in [0.717, 1.165) is 42.4 Å². The molecule has 128 valence electrons. The number of aromatic nitrogens is 3. The van der Waals surface area contributed by atoms with Gasteiger partial charge < -0.3 is 9.32 Å². The van der Waals surface area contributed by atoms with Crippen LogP contribution in [0.25, 0.3) is 11.3 Å². The van der Waals surface area contributed by atoms with Crippen LogP contribution >= 0.6 is 0 Å². The normalized spacial score (nSPS) is 17.6. The Bertz CT molecular complexity index is 852. The van der Waals surface area contributed by atoms with Crippen LogP contribution in [0.5, 0.6) is 0 Å². The van der Waals surface area contributed by atoms with Gasteiger partial charge in [-0.25, -0.2) is 4.98 Å². The first-order valence-electron chi connectivity index (χ1n) is 8.53. The van der Waals surface area contributed by atoms with Gasteiger partial charge in [0.25, 0.3) is 5.91 Å². The Morgan fingerprint density at radius 1 is 1.28 bits per heavy atom. The van der Waals surface area contributed by atoms with Crippen LogP contribution in [0.15, 0.2) is 47.1 Å². The first-order valence-corrected chi connectivity index (χ1v) is 8.53. The highest BCUT2D eigenvalue weighted by Gasteiger charge is 2.27. The summed E-state index contributed by atoms with van der Waals surface area (Å²) in [6.07, 6.45) is 3.63. The van der Waals surface area contributed by atoms with Gasteiger partial charge in [-0.3, -0.25) is 9.89 Å². The van der Waals surface area contributed by atoms with E-state index in [1.54, 1.807) is 6.26 Å². The molecule has 2 aromatic heterocycles. The maximum absolute atomic E-state index is 12.8. The van der Waals surface area contributed by atoms with Gasteiger partial charge in [0.15, 0.2) is 5.82 Å². The fourth-order valence-electron chi connectivity index (χ4n) is 3.32. The van der Waals surface area contributed by atoms with E-state index in [1.807, 2.05) is 48.2 Å². The Morgan fingerprint density at radius 3 is 2.80 bits per heavy atom. The molecule has 1 fully saturated rings. The summed E-state index contributed by atoms with van der Waals surface area (Å²) in [5, 5.41) is 7.15. The number of aromatic amines is 1. The van der Waals surface area contributed by atoms with Crippen LogP contribution in [0.3, 0.4) is 0 Å². The topological polar surface area (TPSA) is 75.0 Å². The molecule has 6 heteroatoms. The van der Waals surface area contributed by atoms with Crippen LogP contribution in [0, 0.1) is 6.92 Å². The number of piperidine rings is 1. The predicted octanol–water partition coefficient (Wildman–Crippen LogP) is 3.39. The fourth-order valence-corrected chi connectivity index (χ4v) is 3.32. The second-order valence-corrected chi connectivity index (χ2v) is 6.42. The molecule has 1 aromatic carbocycles. The molecule has 1 amide bonds. The summed E-state index contributed by atoms with van der Waals surface area (Å²) in [5.74, 6) is 2.68. The first kappa shape index (κ1) is 15.6. The van der Waals surface area contributed by atoms with Gasteiger partial charge in [0, 0.05) is 30.1 Å². The SMILES string of the molecule is Cc1nc([C@@H]2CCCN(C(=O)c3ccc(-c4ccco4)cc3)C2)n[nH]1. The average molecular weight is 336 g/mol. The Hall–Kier alpha value is -2.89. The molecule has 0 spiro atoms. The molecule has 3 aromatic rings. The number of aryl methyl sites for hydroxylation is 1. The molecule has 1 aliphatic heterocycles. The molecule has 3 heterocycles. The summed E-state index contributed by atoms with van der Waals surface area (Å²) in [5.41, 5.74) is 1.66. The Balaban J connectivity index is 1.48. The third kappa shape index (κ3) is 3.20. The van der Waals surface area contributed by atoms with E-state index in [-0.39, 0.29) is 11.8 Å². The molecular formula is C19H20N4O2. The standard InChI is InChI=1S/C19H20N4O2/c1-13-20-18(22-21-13)16-4-2-10-23(12-16)19(24)15-8-6-14(7-9-15)17-5-3-11-25-17/h3,5-9,11,16H,2,4,10,12H2,1H3,(H,20,21,22)/t16-/m1/s1. The van der Waals surface area contributed by atoms with Gasteiger partial charge >= 0.3 is 0 Å². The van der Waals surface area contributed by atoms with Gasteiger partial charge in [0.05, 0.1) is 6.26 Å². The van der Waals surface area contributed by atoms with Crippen LogP contribution in [0.4, 0.5) is 0 Å². The molecule has 0 bridgehead atoms. The van der Waals surface area contributed by atoms with Crippen molar-refractivity contribution in [1.82, 2.24) is 20.1 Å². The van der Waals surface area contributed by atoms with Crippen molar-refractivity contribution >= 4 is 5.91 Å². The molecule has 1 saturated heterocycles. The van der Waals surface area contributed by atoms with Crippen molar-refractivity contribution in [3.05, 3.63) is 59.9 Å². The molecule has 0 aliphatic carbocycles. The number of carbonyl (C=O) groups is 1. The number of benzene rings is 1. The van der Waals surface area contributed by atoms with Gasteiger partial charge in [-0.05, 0) is 44.0 Å². The number of hydrogen-bond donors (Lipinski definition) is 1. The lowest BCUT2D eigenvalue weighted by molar-refractivity contribution is 0.0704. The summed E-state index contributed by atoms with van der Waals surface area (Å²) in [7, 11) is 0. The molecular weight excluding hydrogens is 316 g/mol. The highest BCUT2D eigenvalue weighted by Crippen LogP contribution is 2.26. The molecule has 1 atom stereocenters. The van der Waals surface area contributed by atoms with E-state index < -0.39 is 0 Å². The van der Waals surface area contributed by atoms with E-state index in [2.05, 4.69) is 15.2 Å². The molecule has 1 aliphatic rings. The number of rotatable bonds is 3. The zero-order chi connectivity index (χ0) is 17.2. The lowest BCUT2D eigenvalue weighted by Gasteiger charge is -2.31. The second kappa shape index (κ2) is 6.55. The second-order valence-electron chi connectivity index (χ2n) is 6.42. The average Bonchev–Trinajstić information content (AvgIpc) is 3.33. The molecule has 0 unspecified atom stereocenters. The summed E-state index contributed by atoms with van der Waals surface area (Å²) < 4.78 is 5.39. The van der Waals surface area contributed by atoms with E-state index in [0.29, 0.717) is 12.1 Å². The maximum atomic E-state index is 12.8. The van der Waals surface area contributed by atoms with Gasteiger partial charge in [-0.1, -0.05) is 12.1 Å². The third-order valence-corrected chi connectivity index (χ3v) is 4.63. The number of hydrogen-bond acceptors (Lipinski definition) is 4. The minimum Gasteiger partial charge on any atom is -0.464 e. The van der Waals surface area contributed by atoms with Crippen molar-refractivity contribution in [1.29, 1.82) is 0 Å². The monoisotopic (exact) mass is 336 g/mol. The molecule has 4 rings (SSSR count). The lowest BCUT2D eigenvalue weighted by atomic mass is 9.96. The van der Waals surface area contributed by atoms with E-state index in [1.165, 1.54) is 0 Å². The number of nitrogens with one attached hydrogen (secondary N) is 1. The largest absolute Gasteiger partial charge is 0.464 e. The molecule has 0 saturated carbocycles. The van der Waals surface area contributed by atoms with Crippen LogP contribution in [0.1, 0.15) is 40.8 Å². The highest BCUT2D eigenvalue weighted by molar-refractivity contribution is 5.94. The van der Waals surface area contributed by atoms with Crippen LogP contribution in [0.2, 0.25) is 0 Å². The number of nitrogens with zero attached hydrogens (tertiary/aromatic N) is 3. The smallest absolute Gasteiger partial charge is 0.253 e. The van der Waals surface area contributed by atoms with E-state index >= 15 is 0 Å². The minimum absolute atomic E-state index is 0.0583. The van der Waals surface area contributed by atoms with E-state index in [9.17, 15) is 4.79 Å². The van der Waals surface area contributed by atoms with Crippen molar-refractivity contribution in [2.45, 2.75) is 25.7 Å². The number of H-pyrrole nitrogens is 1. The van der Waals surface area contributed by atoms with Gasteiger partial charge in [0.1, 0.15) is 11.6 Å². The molecule has 1 N–H and O–H groups in total. The number of likely N-dealkylation sites (tertiary alicyclic amines) is 1. The Labute approximate surface area is 145 Å². The summed E-state index contributed by atoms with van der Waals surface area (Å²) in [6.45, 7) is 3.33. The van der Waals surface area contributed by atoms with Crippen molar-refractivity contribution < 1.29 is 9.21 Å². The molecule has 0 radical (unpaired) electrons. The van der Waals surface area contributed by atoms with Crippen LogP contribution in [-0.4, -0.2) is 39.1 Å². The van der Waals surface area contributed by atoms with E-state index in [4.69, 9.17) is 4.42 Å². The van der Waals surface area contributed by atoms with Crippen molar-refractivity contribution in [2.75, 3.05) is 13.1 Å². The fraction of sp³-hybridized carbons (Fsp3) is 0.316. The lowest BCUT2D eigenvalue weighted by Crippen LogP contribution is -2.39. The Kier molecular flexibility index (Phi) is 4.09. The zero-order valence-corrected chi connectivity index (χ0v) is 14.1. The maximum Gasteiger partial charge on any atom is 0.253 e. The third-order valence-electron chi connectivity index (χ3n) is 4.63. The predicted molar refractivity (Wildman–Crippen MR) is 93.1 cm³/mol. The summed E-state index contributed by atoms with van der Waals surface area (Å²) in [4.78, 5) is 19.2. The summed E-state index contributed by atoms with van der Waals surface area (Å²) >= 11 is 0. The Morgan fingerprint density at radius 2 is 2.12 bits per heavy atom. The molecule has 6 nitrogen and oxygen atoms in total. The quantitative estimate of drug-likeness (QED) is 0.795. The van der Waals surface area contributed by atoms with Crippen LogP contribution < -0.4 is 0 Å². The van der Waals surface area contributed by atoms with Crippen molar-refractivity contribution in [3.63, 3.8) is 0 Å². The van der Waals surface area contributed by atoms with Crippen LogP contribution in [-0.2, 0) is 0 Å². The number of carbonyl (C=O) groups excluding carboxylic acids is 1.